The maximum Gasteiger partial charge on any atom is 0.214 e. The number of rotatable bonds is 0. The second kappa shape index (κ2) is 6.84. The Morgan fingerprint density at radius 1 is 0.800 bits per heavy atom. The lowest BCUT2D eigenvalue weighted by Crippen LogP contribution is -2.68. The van der Waals surface area contributed by atoms with Crippen LogP contribution < -0.4 is 23.0 Å². The molecule has 25 heavy (non-hydrogen) atoms. The van der Waals surface area contributed by atoms with E-state index in [9.17, 15) is 0 Å². The van der Waals surface area contributed by atoms with Crippen molar-refractivity contribution in [3.05, 3.63) is 71.0 Å². The van der Waals surface area contributed by atoms with Crippen molar-refractivity contribution in [2.24, 2.45) is 0 Å². The van der Waals surface area contributed by atoms with Crippen LogP contribution >= 0.6 is 15.9 Å². The van der Waals surface area contributed by atoms with Gasteiger partial charge < -0.3 is 0 Å². The van der Waals surface area contributed by atoms with Crippen LogP contribution in [0.4, 0.5) is 0 Å². The molecule has 2 aromatic carbocycles. The molecule has 2 aromatic heterocycles. The number of halogens is 2. The van der Waals surface area contributed by atoms with Gasteiger partial charge in [-0.15, -0.1) is 10.2 Å². The first-order chi connectivity index (χ1) is 11.8. The summed E-state index contributed by atoms with van der Waals surface area (Å²) in [5, 5.41) is 5.17. The van der Waals surface area contributed by atoms with E-state index in [0.717, 1.165) is 4.47 Å². The topological polar surface area (TPSA) is 96.3 Å². The highest BCUT2D eigenvalue weighted by Crippen LogP contribution is 2.31. The van der Waals surface area contributed by atoms with Gasteiger partial charge in [-0.25, -0.2) is 18.6 Å². The van der Waals surface area contributed by atoms with Crippen molar-refractivity contribution in [2.75, 3.05) is 0 Å². The second-order valence-corrected chi connectivity index (χ2v) is 7.10. The van der Waals surface area contributed by atoms with Crippen molar-refractivity contribution in [3.8, 4) is 0 Å². The van der Waals surface area contributed by atoms with E-state index in [-0.39, 0.29) is 0 Å². The molecule has 0 bridgehead atoms. The Bertz CT molecular complexity index is 1070. The molecule has 0 radical (unpaired) electrons. The molecule has 128 valence electrons. The van der Waals surface area contributed by atoms with Gasteiger partial charge in [0, 0.05) is 22.2 Å². The van der Waals surface area contributed by atoms with Crippen LogP contribution in [0.1, 0.15) is 5.56 Å². The van der Waals surface area contributed by atoms with Crippen molar-refractivity contribution >= 4 is 43.0 Å². The molecule has 4 aromatic rings. The maximum absolute atomic E-state index is 8.49. The molecule has 0 unspecified atom stereocenters. The lowest BCUT2D eigenvalue weighted by molar-refractivity contribution is -2.00. The molecular weight excluding hydrogens is 410 g/mol. The molecule has 0 atom stereocenters. The molecule has 0 aliphatic heterocycles. The molecule has 0 fully saturated rings. The molecule has 0 saturated heterocycles. The molecule has 2 heterocycles. The Morgan fingerprint density at radius 3 is 2.20 bits per heavy atom. The largest absolute Gasteiger partial charge is 0.222 e. The Balaban J connectivity index is 0.000000324. The van der Waals surface area contributed by atoms with Gasteiger partial charge in [0.05, 0.1) is 5.39 Å². The van der Waals surface area contributed by atoms with Crippen LogP contribution in [-0.2, 0) is 0 Å². The van der Waals surface area contributed by atoms with E-state index in [1.54, 1.807) is 0 Å². The van der Waals surface area contributed by atoms with Crippen molar-refractivity contribution in [3.63, 3.8) is 0 Å². The predicted octanol–water partition coefficient (Wildman–Crippen LogP) is 0.0466. The SMILES string of the molecule is Cc1c2ccc3c(Br)cccc3c2c[n+]2ccccc12.[O-][Cl+3]([O-])([O-])[O-]. The van der Waals surface area contributed by atoms with E-state index < -0.39 is 10.2 Å². The van der Waals surface area contributed by atoms with Gasteiger partial charge in [-0.2, -0.15) is 4.40 Å². The van der Waals surface area contributed by atoms with E-state index in [1.165, 1.54) is 32.6 Å². The molecule has 0 spiro atoms. The standard InChI is InChI=1S/C18H13BrN.ClHO4/c1-12-13-8-9-15-14(5-4-6-17(15)19)16(13)11-20-10-3-2-7-18(12)20;2-1(3,4)5/h2-11H,1H3;(H,2,3,4,5)/q+1;/p-1. The van der Waals surface area contributed by atoms with E-state index in [1.807, 2.05) is 0 Å². The van der Waals surface area contributed by atoms with Crippen LogP contribution in [-0.4, -0.2) is 0 Å². The zero-order chi connectivity index (χ0) is 18.2. The number of hydrogen-bond acceptors (Lipinski definition) is 4. The summed E-state index contributed by atoms with van der Waals surface area (Å²) >= 11 is 3.64. The average molecular weight is 423 g/mol. The lowest BCUT2D eigenvalue weighted by atomic mass is 10.00. The average Bonchev–Trinajstić information content (AvgIpc) is 2.54. The number of aromatic nitrogens is 1. The predicted molar refractivity (Wildman–Crippen MR) is 87.1 cm³/mol. The van der Waals surface area contributed by atoms with Crippen LogP contribution in [0.25, 0.3) is 27.1 Å². The van der Waals surface area contributed by atoms with Crippen molar-refractivity contribution in [2.45, 2.75) is 6.92 Å². The van der Waals surface area contributed by atoms with Crippen LogP contribution in [0.3, 0.4) is 0 Å². The second-order valence-electron chi connectivity index (χ2n) is 5.49. The molecule has 0 amide bonds. The molecule has 0 aliphatic carbocycles. The van der Waals surface area contributed by atoms with E-state index in [4.69, 9.17) is 18.6 Å². The van der Waals surface area contributed by atoms with Gasteiger partial charge in [-0.1, -0.05) is 40.2 Å². The van der Waals surface area contributed by atoms with Crippen molar-refractivity contribution < 1.29 is 33.3 Å². The third kappa shape index (κ3) is 3.90. The lowest BCUT2D eigenvalue weighted by Gasteiger charge is -2.17. The van der Waals surface area contributed by atoms with Crippen LogP contribution in [0.2, 0.25) is 0 Å². The Kier molecular flexibility index (Phi) is 4.92. The molecule has 0 saturated carbocycles. The van der Waals surface area contributed by atoms with Crippen molar-refractivity contribution in [1.29, 1.82) is 0 Å². The summed E-state index contributed by atoms with van der Waals surface area (Å²) in [5.41, 5.74) is 2.58. The fraction of sp³-hybridized carbons (Fsp3) is 0.0556. The summed E-state index contributed by atoms with van der Waals surface area (Å²) < 4.78 is 37.3. The summed E-state index contributed by atoms with van der Waals surface area (Å²) in [7, 11) is -4.94. The number of aryl methyl sites for hydroxylation is 1. The van der Waals surface area contributed by atoms with Crippen molar-refractivity contribution in [1.82, 2.24) is 0 Å². The zero-order valence-electron chi connectivity index (χ0n) is 13.1. The van der Waals surface area contributed by atoms with Crippen LogP contribution in [0, 0.1) is 17.2 Å². The highest BCUT2D eigenvalue weighted by Gasteiger charge is 2.12. The third-order valence-electron chi connectivity index (χ3n) is 4.00. The summed E-state index contributed by atoms with van der Waals surface area (Å²) in [6, 6.07) is 17.1. The first-order valence-corrected chi connectivity index (χ1v) is 9.31. The highest BCUT2D eigenvalue weighted by molar-refractivity contribution is 9.10. The molecule has 4 rings (SSSR count). The molecule has 0 aliphatic rings. The van der Waals surface area contributed by atoms with Gasteiger partial charge >= 0.3 is 0 Å². The van der Waals surface area contributed by atoms with Gasteiger partial charge in [0.25, 0.3) is 0 Å². The van der Waals surface area contributed by atoms with Crippen LogP contribution in [0.5, 0.6) is 0 Å². The smallest absolute Gasteiger partial charge is 0.214 e. The van der Waals surface area contributed by atoms with E-state index in [2.05, 4.69) is 88.2 Å². The minimum atomic E-state index is -4.94. The minimum absolute atomic E-state index is 1.15. The molecular formula is C18H13BrClNO4. The summed E-state index contributed by atoms with van der Waals surface area (Å²) in [6.07, 6.45) is 4.34. The Hall–Kier alpha value is -1.80. The van der Waals surface area contributed by atoms with Gasteiger partial charge in [-0.3, -0.25) is 0 Å². The number of benzene rings is 2. The number of fused-ring (bicyclic) bond motifs is 4. The molecule has 5 nitrogen and oxygen atoms in total. The minimum Gasteiger partial charge on any atom is -0.222 e. The maximum atomic E-state index is 8.49. The quantitative estimate of drug-likeness (QED) is 0.227. The first-order valence-electron chi connectivity index (χ1n) is 7.28. The molecule has 7 heteroatoms. The normalized spacial score (nSPS) is 11.6. The number of pyridine rings is 2. The third-order valence-corrected chi connectivity index (χ3v) is 4.69. The fourth-order valence-corrected chi connectivity index (χ4v) is 3.47. The van der Waals surface area contributed by atoms with E-state index >= 15 is 0 Å². The summed E-state index contributed by atoms with van der Waals surface area (Å²) in [6.45, 7) is 2.20. The van der Waals surface area contributed by atoms with Gasteiger partial charge in [0.1, 0.15) is 0 Å². The number of hydrogen-bond donors (Lipinski definition) is 0. The fourth-order valence-electron chi connectivity index (χ4n) is 2.97. The molecule has 0 N–H and O–H groups in total. The zero-order valence-corrected chi connectivity index (χ0v) is 15.5. The highest BCUT2D eigenvalue weighted by atomic mass is 79.9. The Labute approximate surface area is 154 Å². The summed E-state index contributed by atoms with van der Waals surface area (Å²) in [4.78, 5) is 0. The monoisotopic (exact) mass is 421 g/mol. The number of nitrogens with zero attached hydrogens (tertiary/aromatic N) is 1. The van der Waals surface area contributed by atoms with Gasteiger partial charge in [0.15, 0.2) is 12.4 Å². The van der Waals surface area contributed by atoms with Gasteiger partial charge in [-0.05, 0) is 35.2 Å². The van der Waals surface area contributed by atoms with Crippen LogP contribution in [0.15, 0.2) is 65.4 Å². The van der Waals surface area contributed by atoms with E-state index in [0.29, 0.717) is 0 Å². The summed E-state index contributed by atoms with van der Waals surface area (Å²) in [5.74, 6) is 0. The van der Waals surface area contributed by atoms with Gasteiger partial charge in [0.2, 0.25) is 5.52 Å². The Morgan fingerprint density at radius 2 is 1.48 bits per heavy atom. The first kappa shape index (κ1) is 18.0.